The van der Waals surface area contributed by atoms with Gasteiger partial charge in [0.2, 0.25) is 0 Å². The van der Waals surface area contributed by atoms with Crippen molar-refractivity contribution in [2.75, 3.05) is 19.6 Å². The lowest BCUT2D eigenvalue weighted by molar-refractivity contribution is 0.272. The minimum Gasteiger partial charge on any atom is -0.361 e. The molecule has 18 heavy (non-hydrogen) atoms. The summed E-state index contributed by atoms with van der Waals surface area (Å²) in [6.45, 7) is 10.3. The van der Waals surface area contributed by atoms with E-state index in [1.165, 1.54) is 12.0 Å². The summed E-state index contributed by atoms with van der Waals surface area (Å²) < 4.78 is 5.27. The van der Waals surface area contributed by atoms with Crippen molar-refractivity contribution >= 4 is 12.4 Å². The Morgan fingerprint density at radius 3 is 2.78 bits per heavy atom. The van der Waals surface area contributed by atoms with Crippen LogP contribution in [0.5, 0.6) is 0 Å². The summed E-state index contributed by atoms with van der Waals surface area (Å²) in [6, 6.07) is 0. The summed E-state index contributed by atoms with van der Waals surface area (Å²) in [6.07, 6.45) is 2.13. The van der Waals surface area contributed by atoms with Gasteiger partial charge in [0.05, 0.1) is 5.69 Å². The summed E-state index contributed by atoms with van der Waals surface area (Å²) in [5.74, 6) is 0.961. The maximum atomic E-state index is 5.83. The van der Waals surface area contributed by atoms with E-state index in [1.54, 1.807) is 0 Å². The lowest BCUT2D eigenvalue weighted by Gasteiger charge is -2.22. The van der Waals surface area contributed by atoms with Crippen molar-refractivity contribution in [1.82, 2.24) is 10.1 Å². The van der Waals surface area contributed by atoms with Gasteiger partial charge in [-0.2, -0.15) is 0 Å². The summed E-state index contributed by atoms with van der Waals surface area (Å²) in [4.78, 5) is 2.46. The van der Waals surface area contributed by atoms with Gasteiger partial charge in [-0.05, 0) is 38.3 Å². The fraction of sp³-hybridized carbons (Fsp3) is 0.769. The Bertz CT molecular complexity index is 394. The van der Waals surface area contributed by atoms with Crippen molar-refractivity contribution in [1.29, 1.82) is 0 Å². The average molecular weight is 274 g/mol. The minimum absolute atomic E-state index is 0. The zero-order valence-corrected chi connectivity index (χ0v) is 12.3. The molecule has 2 N–H and O–H groups in total. The van der Waals surface area contributed by atoms with Gasteiger partial charge in [-0.15, -0.1) is 12.4 Å². The van der Waals surface area contributed by atoms with E-state index in [0.29, 0.717) is 0 Å². The summed E-state index contributed by atoms with van der Waals surface area (Å²) in [7, 11) is 0. The third-order valence-corrected chi connectivity index (χ3v) is 3.91. The van der Waals surface area contributed by atoms with Crippen LogP contribution in [-0.4, -0.2) is 29.7 Å². The van der Waals surface area contributed by atoms with Crippen LogP contribution in [0.4, 0.5) is 0 Å². The van der Waals surface area contributed by atoms with Crippen LogP contribution >= 0.6 is 12.4 Å². The molecule has 1 fully saturated rings. The zero-order chi connectivity index (χ0) is 12.5. The van der Waals surface area contributed by atoms with Gasteiger partial charge < -0.3 is 10.3 Å². The maximum Gasteiger partial charge on any atom is 0.138 e. The number of nitrogens with two attached hydrogens (primary N) is 1. The molecule has 2 rings (SSSR count). The third-order valence-electron chi connectivity index (χ3n) is 3.91. The lowest BCUT2D eigenvalue weighted by Crippen LogP contribution is -2.31. The van der Waals surface area contributed by atoms with Gasteiger partial charge in [0, 0.05) is 18.7 Å². The second-order valence-electron chi connectivity index (χ2n) is 5.49. The molecule has 1 aliphatic heterocycles. The number of rotatable bonds is 4. The number of nitrogens with zero attached hydrogens (tertiary/aromatic N) is 2. The highest BCUT2D eigenvalue weighted by molar-refractivity contribution is 5.85. The van der Waals surface area contributed by atoms with Crippen LogP contribution in [-0.2, 0) is 13.0 Å². The second kappa shape index (κ2) is 6.04. The molecule has 2 heterocycles. The van der Waals surface area contributed by atoms with E-state index in [-0.39, 0.29) is 17.8 Å². The van der Waals surface area contributed by atoms with Crippen LogP contribution in [0.15, 0.2) is 4.52 Å². The molecule has 1 aliphatic rings. The molecule has 1 aromatic heterocycles. The predicted octanol–water partition coefficient (Wildman–Crippen LogP) is 2.14. The third kappa shape index (κ3) is 3.05. The van der Waals surface area contributed by atoms with E-state index in [2.05, 4.69) is 23.9 Å². The van der Waals surface area contributed by atoms with Crippen molar-refractivity contribution in [3.8, 4) is 0 Å². The monoisotopic (exact) mass is 273 g/mol. The van der Waals surface area contributed by atoms with Crippen LogP contribution in [0.2, 0.25) is 0 Å². The highest BCUT2D eigenvalue weighted by Gasteiger charge is 2.33. The molecular formula is C13H24ClN3O. The largest absolute Gasteiger partial charge is 0.361 e. The van der Waals surface area contributed by atoms with E-state index in [0.717, 1.165) is 44.1 Å². The van der Waals surface area contributed by atoms with Crippen molar-refractivity contribution in [2.45, 2.75) is 40.2 Å². The summed E-state index contributed by atoms with van der Waals surface area (Å²) in [5.41, 5.74) is 8.49. The molecule has 0 aromatic carbocycles. The van der Waals surface area contributed by atoms with E-state index >= 15 is 0 Å². The Hall–Kier alpha value is -0.580. The quantitative estimate of drug-likeness (QED) is 0.913. The molecular weight excluding hydrogens is 250 g/mol. The van der Waals surface area contributed by atoms with Gasteiger partial charge in [-0.3, -0.25) is 4.90 Å². The predicted molar refractivity (Wildman–Crippen MR) is 74.9 cm³/mol. The van der Waals surface area contributed by atoms with Crippen LogP contribution in [0.25, 0.3) is 0 Å². The first kappa shape index (κ1) is 15.5. The first-order valence-electron chi connectivity index (χ1n) is 6.44. The first-order chi connectivity index (χ1) is 8.08. The number of hydrogen-bond acceptors (Lipinski definition) is 4. The summed E-state index contributed by atoms with van der Waals surface area (Å²) in [5, 5.41) is 4.11. The molecule has 1 atom stereocenters. The Morgan fingerprint density at radius 2 is 2.22 bits per heavy atom. The Morgan fingerprint density at radius 1 is 1.50 bits per heavy atom. The Labute approximate surface area is 115 Å². The number of aromatic nitrogens is 1. The molecule has 5 heteroatoms. The first-order valence-corrected chi connectivity index (χ1v) is 6.44. The van der Waals surface area contributed by atoms with Crippen molar-refractivity contribution in [2.24, 2.45) is 11.1 Å². The molecule has 0 amide bonds. The lowest BCUT2D eigenvalue weighted by atomic mass is 9.90. The van der Waals surface area contributed by atoms with Gasteiger partial charge in [-0.25, -0.2) is 0 Å². The molecule has 0 spiro atoms. The van der Waals surface area contributed by atoms with Crippen LogP contribution in [0.1, 0.15) is 37.3 Å². The summed E-state index contributed by atoms with van der Waals surface area (Å²) >= 11 is 0. The average Bonchev–Trinajstić information content (AvgIpc) is 2.86. The molecule has 0 saturated carbocycles. The molecule has 0 radical (unpaired) electrons. The number of likely N-dealkylation sites (tertiary alicyclic amines) is 1. The van der Waals surface area contributed by atoms with Crippen LogP contribution < -0.4 is 5.73 Å². The standard InChI is InChI=1S/C13H23N3O.ClH/c1-4-12-11(10(2)17-15-12)7-16-6-5-13(3,8-14)9-16;/h4-9,14H2,1-3H3;1H. The van der Waals surface area contributed by atoms with Gasteiger partial charge in [0.15, 0.2) is 0 Å². The van der Waals surface area contributed by atoms with E-state index in [4.69, 9.17) is 10.3 Å². The molecule has 104 valence electrons. The Balaban J connectivity index is 0.00000162. The van der Waals surface area contributed by atoms with E-state index in [9.17, 15) is 0 Å². The van der Waals surface area contributed by atoms with E-state index < -0.39 is 0 Å². The Kier molecular flexibility index (Phi) is 5.20. The molecule has 4 nitrogen and oxygen atoms in total. The SMILES string of the molecule is CCc1noc(C)c1CN1CCC(C)(CN)C1.Cl. The fourth-order valence-corrected chi connectivity index (χ4v) is 2.57. The zero-order valence-electron chi connectivity index (χ0n) is 11.5. The van der Waals surface area contributed by atoms with Crippen LogP contribution in [0, 0.1) is 12.3 Å². The topological polar surface area (TPSA) is 55.3 Å². The van der Waals surface area contributed by atoms with Gasteiger partial charge in [-0.1, -0.05) is 19.0 Å². The smallest absolute Gasteiger partial charge is 0.138 e. The second-order valence-corrected chi connectivity index (χ2v) is 5.49. The van der Waals surface area contributed by atoms with Crippen molar-refractivity contribution in [3.05, 3.63) is 17.0 Å². The molecule has 1 aromatic rings. The number of aryl methyl sites for hydroxylation is 2. The van der Waals surface area contributed by atoms with Crippen molar-refractivity contribution < 1.29 is 4.52 Å². The molecule has 1 saturated heterocycles. The molecule has 1 unspecified atom stereocenters. The van der Waals surface area contributed by atoms with E-state index in [1.807, 2.05) is 6.92 Å². The number of halogens is 1. The van der Waals surface area contributed by atoms with Gasteiger partial charge in [0.25, 0.3) is 0 Å². The molecule has 0 aliphatic carbocycles. The minimum atomic E-state index is 0. The van der Waals surface area contributed by atoms with Crippen molar-refractivity contribution in [3.63, 3.8) is 0 Å². The highest BCUT2D eigenvalue weighted by Crippen LogP contribution is 2.30. The number of hydrogen-bond donors (Lipinski definition) is 1. The highest BCUT2D eigenvalue weighted by atomic mass is 35.5. The maximum absolute atomic E-state index is 5.83. The normalized spacial score (nSPS) is 24.2. The van der Waals surface area contributed by atoms with Gasteiger partial charge in [0.1, 0.15) is 5.76 Å². The van der Waals surface area contributed by atoms with Crippen LogP contribution in [0.3, 0.4) is 0 Å². The fourth-order valence-electron chi connectivity index (χ4n) is 2.57. The molecule has 0 bridgehead atoms. The van der Waals surface area contributed by atoms with Gasteiger partial charge >= 0.3 is 0 Å².